The molecule has 4 aromatic rings. The lowest BCUT2D eigenvalue weighted by Crippen LogP contribution is -2.34. The van der Waals surface area contributed by atoms with Gasteiger partial charge in [0.2, 0.25) is 0 Å². The topological polar surface area (TPSA) is 69.3 Å². The van der Waals surface area contributed by atoms with Crippen molar-refractivity contribution in [3.05, 3.63) is 65.7 Å². The molecule has 34 heavy (non-hydrogen) atoms. The van der Waals surface area contributed by atoms with E-state index in [1.54, 1.807) is 0 Å². The second kappa shape index (κ2) is 8.08. The Morgan fingerprint density at radius 1 is 0.853 bits per heavy atom. The van der Waals surface area contributed by atoms with Crippen LogP contribution < -0.4 is 4.74 Å². The molecule has 4 atom stereocenters. The van der Waals surface area contributed by atoms with E-state index in [2.05, 4.69) is 34.2 Å². The van der Waals surface area contributed by atoms with Crippen molar-refractivity contribution in [2.24, 2.45) is 11.8 Å². The quantitative estimate of drug-likeness (QED) is 0.413. The Hall–Kier alpha value is -2.93. The first-order valence-corrected chi connectivity index (χ1v) is 12.2. The van der Waals surface area contributed by atoms with Gasteiger partial charge in [-0.2, -0.15) is 4.98 Å². The molecule has 0 spiro atoms. The van der Waals surface area contributed by atoms with Crippen LogP contribution in [0.15, 0.2) is 60.7 Å². The van der Waals surface area contributed by atoms with Gasteiger partial charge in [-0.05, 0) is 36.0 Å². The molecule has 2 saturated heterocycles. The highest BCUT2D eigenvalue weighted by Crippen LogP contribution is 2.46. The summed E-state index contributed by atoms with van der Waals surface area (Å²) in [5.41, 5.74) is 5.26. The minimum atomic E-state index is -0.171. The van der Waals surface area contributed by atoms with Crippen molar-refractivity contribution in [3.8, 4) is 28.4 Å². The normalized spacial score (nSPS) is 26.1. The summed E-state index contributed by atoms with van der Waals surface area (Å²) < 4.78 is 18.3. The van der Waals surface area contributed by atoms with Crippen LogP contribution in [0.3, 0.4) is 0 Å². The van der Waals surface area contributed by atoms with E-state index in [9.17, 15) is 0 Å². The molecule has 6 nitrogen and oxygen atoms in total. The Kier molecular flexibility index (Phi) is 4.86. The van der Waals surface area contributed by atoms with Crippen LogP contribution in [0.4, 0.5) is 0 Å². The number of imidazole rings is 1. The van der Waals surface area contributed by atoms with Crippen molar-refractivity contribution < 1.29 is 14.2 Å². The minimum Gasteiger partial charge on any atom is -0.456 e. The second-order valence-electron chi connectivity index (χ2n) is 9.43. The van der Waals surface area contributed by atoms with Crippen LogP contribution >= 0.6 is 11.6 Å². The molecule has 2 aliphatic heterocycles. The number of fused-ring (bicyclic) bond motifs is 2. The van der Waals surface area contributed by atoms with Crippen LogP contribution in [0.25, 0.3) is 33.5 Å². The van der Waals surface area contributed by atoms with Crippen molar-refractivity contribution in [1.82, 2.24) is 15.0 Å². The van der Waals surface area contributed by atoms with Gasteiger partial charge in [-0.15, -0.1) is 0 Å². The maximum absolute atomic E-state index is 6.61. The fourth-order valence-electron chi connectivity index (χ4n) is 5.27. The van der Waals surface area contributed by atoms with Gasteiger partial charge in [0.25, 0.3) is 6.01 Å². The number of hydrogen-bond acceptors (Lipinski definition) is 5. The number of aromatic amines is 1. The SMILES string of the molecule is Clc1cc2[nH]c(O[C@@H]3CO[C@H]4C3OC[C@H]4C3CC3)nc2nc1-c1ccc(-c2ccccc2)cc1. The smallest absolute Gasteiger partial charge is 0.296 e. The third kappa shape index (κ3) is 3.57. The number of nitrogens with one attached hydrogen (secondary N) is 1. The third-order valence-corrected chi connectivity index (χ3v) is 7.50. The summed E-state index contributed by atoms with van der Waals surface area (Å²) in [7, 11) is 0. The van der Waals surface area contributed by atoms with Crippen LogP contribution in [0, 0.1) is 11.8 Å². The molecule has 0 amide bonds. The van der Waals surface area contributed by atoms with Gasteiger partial charge in [-0.1, -0.05) is 66.2 Å². The highest BCUT2D eigenvalue weighted by atomic mass is 35.5. The Morgan fingerprint density at radius 3 is 2.38 bits per heavy atom. The molecule has 0 radical (unpaired) electrons. The molecule has 2 aromatic heterocycles. The predicted molar refractivity (Wildman–Crippen MR) is 130 cm³/mol. The fraction of sp³-hybridized carbons (Fsp3) is 0.333. The number of rotatable bonds is 5. The number of nitrogens with zero attached hydrogens (tertiary/aromatic N) is 2. The maximum atomic E-state index is 6.61. The van der Waals surface area contributed by atoms with Crippen LogP contribution in [-0.4, -0.2) is 46.5 Å². The summed E-state index contributed by atoms with van der Waals surface area (Å²) in [5, 5.41) is 0.561. The predicted octanol–water partition coefficient (Wildman–Crippen LogP) is 5.52. The van der Waals surface area contributed by atoms with E-state index in [1.807, 2.05) is 36.4 Å². The molecule has 1 saturated carbocycles. The molecular weight excluding hydrogens is 450 g/mol. The monoisotopic (exact) mass is 473 g/mol. The lowest BCUT2D eigenvalue weighted by Gasteiger charge is -2.16. The van der Waals surface area contributed by atoms with Crippen LogP contribution in [-0.2, 0) is 9.47 Å². The van der Waals surface area contributed by atoms with Gasteiger partial charge < -0.3 is 19.2 Å². The second-order valence-corrected chi connectivity index (χ2v) is 9.84. The average molecular weight is 474 g/mol. The van der Waals surface area contributed by atoms with Gasteiger partial charge in [-0.3, -0.25) is 0 Å². The van der Waals surface area contributed by atoms with Crippen molar-refractivity contribution >= 4 is 22.8 Å². The van der Waals surface area contributed by atoms with E-state index in [0.717, 1.165) is 29.2 Å². The molecule has 172 valence electrons. The molecular formula is C27H24ClN3O3. The molecule has 4 heterocycles. The largest absolute Gasteiger partial charge is 0.456 e. The number of pyridine rings is 1. The van der Waals surface area contributed by atoms with Gasteiger partial charge >= 0.3 is 0 Å². The Labute approximate surface area is 202 Å². The highest BCUT2D eigenvalue weighted by Gasteiger charge is 2.53. The molecule has 1 unspecified atom stereocenters. The zero-order valence-corrected chi connectivity index (χ0v) is 19.2. The van der Waals surface area contributed by atoms with E-state index < -0.39 is 0 Å². The van der Waals surface area contributed by atoms with Crippen molar-refractivity contribution in [1.29, 1.82) is 0 Å². The van der Waals surface area contributed by atoms with E-state index in [1.165, 1.54) is 18.4 Å². The first kappa shape index (κ1) is 20.4. The van der Waals surface area contributed by atoms with E-state index in [4.69, 9.17) is 30.8 Å². The van der Waals surface area contributed by atoms with E-state index >= 15 is 0 Å². The van der Waals surface area contributed by atoms with Gasteiger partial charge in [0, 0.05) is 11.5 Å². The number of halogens is 1. The Morgan fingerprint density at radius 2 is 1.59 bits per heavy atom. The van der Waals surface area contributed by atoms with Crippen molar-refractivity contribution in [2.45, 2.75) is 31.2 Å². The molecule has 0 bridgehead atoms. The van der Waals surface area contributed by atoms with Crippen LogP contribution in [0.2, 0.25) is 5.02 Å². The zero-order chi connectivity index (χ0) is 22.6. The molecule has 3 aliphatic rings. The van der Waals surface area contributed by atoms with E-state index in [-0.39, 0.29) is 18.3 Å². The third-order valence-electron chi connectivity index (χ3n) is 7.21. The van der Waals surface area contributed by atoms with Crippen LogP contribution in [0.5, 0.6) is 6.01 Å². The van der Waals surface area contributed by atoms with Gasteiger partial charge in [0.15, 0.2) is 11.8 Å². The summed E-state index contributed by atoms with van der Waals surface area (Å²) >= 11 is 6.61. The molecule has 2 aromatic carbocycles. The number of aromatic nitrogens is 3. The maximum Gasteiger partial charge on any atom is 0.296 e. The lowest BCUT2D eigenvalue weighted by atomic mass is 9.96. The first-order chi connectivity index (χ1) is 16.7. The molecule has 3 fully saturated rings. The minimum absolute atomic E-state index is 0.0333. The average Bonchev–Trinajstić information content (AvgIpc) is 3.32. The first-order valence-electron chi connectivity index (χ1n) is 11.8. The fourth-order valence-corrected chi connectivity index (χ4v) is 5.53. The summed E-state index contributed by atoms with van der Waals surface area (Å²) in [5.74, 6) is 1.26. The summed E-state index contributed by atoms with van der Waals surface area (Å²) in [6.45, 7) is 1.28. The van der Waals surface area contributed by atoms with Gasteiger partial charge in [0.05, 0.1) is 35.6 Å². The van der Waals surface area contributed by atoms with Gasteiger partial charge in [-0.25, -0.2) is 4.98 Å². The molecule has 7 heteroatoms. The highest BCUT2D eigenvalue weighted by molar-refractivity contribution is 6.33. The number of benzene rings is 2. The van der Waals surface area contributed by atoms with Gasteiger partial charge in [0.1, 0.15) is 6.10 Å². The summed E-state index contributed by atoms with van der Waals surface area (Å²) in [6.07, 6.45) is 2.52. The van der Waals surface area contributed by atoms with Crippen molar-refractivity contribution in [2.75, 3.05) is 13.2 Å². The molecule has 7 rings (SSSR count). The summed E-state index contributed by atoms with van der Waals surface area (Å²) in [4.78, 5) is 12.5. The Bertz CT molecular complexity index is 1340. The van der Waals surface area contributed by atoms with E-state index in [0.29, 0.717) is 34.9 Å². The standard InChI is InChI=1S/C27H24ClN3O3/c28-20-12-21-26(30-23(20)18-10-6-16(7-11-18)15-4-2-1-3-5-15)31-27(29-21)34-22-14-33-24-19(17-8-9-17)13-32-25(22)24/h1-7,10-12,17,19,22,24-25H,8-9,13-14H2,(H,29,30,31)/t19-,22+,24+,25?/m0/s1. The number of hydrogen-bond donors (Lipinski definition) is 1. The Balaban J connectivity index is 1.12. The molecule has 1 N–H and O–H groups in total. The zero-order valence-electron chi connectivity index (χ0n) is 18.5. The van der Waals surface area contributed by atoms with Crippen LogP contribution in [0.1, 0.15) is 12.8 Å². The number of H-pyrrole nitrogens is 1. The lowest BCUT2D eigenvalue weighted by molar-refractivity contribution is 0.0253. The number of ether oxygens (including phenoxy) is 3. The van der Waals surface area contributed by atoms with Crippen molar-refractivity contribution in [3.63, 3.8) is 0 Å². The summed E-state index contributed by atoms with van der Waals surface area (Å²) in [6, 6.07) is 20.8. The molecule has 1 aliphatic carbocycles.